The number of aromatic nitrogens is 1. The number of hydrogen-bond donors (Lipinski definition) is 2. The van der Waals surface area contributed by atoms with Crippen molar-refractivity contribution < 1.29 is 4.79 Å². The van der Waals surface area contributed by atoms with Crippen LogP contribution in [0.25, 0.3) is 0 Å². The third-order valence-corrected chi connectivity index (χ3v) is 6.00. The number of hydrogen-bond acceptors (Lipinski definition) is 2. The lowest BCUT2D eigenvalue weighted by molar-refractivity contribution is 0.0724. The molecule has 1 aliphatic rings. The monoisotopic (exact) mass is 435 g/mol. The molecule has 0 atom stereocenters. The summed E-state index contributed by atoms with van der Waals surface area (Å²) in [7, 11) is 3.59. The summed E-state index contributed by atoms with van der Waals surface area (Å²) in [4.78, 5) is 18.9. The zero-order chi connectivity index (χ0) is 20.8. The molecule has 0 unspecified atom stereocenters. The number of halogens is 2. The van der Waals surface area contributed by atoms with E-state index < -0.39 is 0 Å². The summed E-state index contributed by atoms with van der Waals surface area (Å²) in [5.41, 5.74) is 2.72. The number of carbonyl (C=O) groups is 1. The van der Waals surface area contributed by atoms with Crippen molar-refractivity contribution in [3.05, 3.63) is 57.3 Å². The minimum Gasteiger partial charge on any atom is -0.352 e. The topological polar surface area (TPSA) is 61.7 Å². The van der Waals surface area contributed by atoms with Crippen LogP contribution in [0.1, 0.15) is 40.9 Å². The SMILES string of the molecule is CN=C(NCc1cccc(C(=O)N2CCCCC2)c1)NCc1cc(Cl)c(Cl)n1C. The molecule has 1 aliphatic heterocycles. The first-order valence-corrected chi connectivity index (χ1v) is 10.6. The van der Waals surface area contributed by atoms with E-state index in [1.165, 1.54) is 6.42 Å². The summed E-state index contributed by atoms with van der Waals surface area (Å²) < 4.78 is 1.83. The van der Waals surface area contributed by atoms with Crippen molar-refractivity contribution >= 4 is 35.1 Å². The maximum absolute atomic E-state index is 12.7. The second-order valence-corrected chi connectivity index (χ2v) is 7.93. The minimum atomic E-state index is 0.117. The Labute approximate surface area is 181 Å². The molecule has 0 saturated carbocycles. The zero-order valence-corrected chi connectivity index (χ0v) is 18.4. The number of piperidine rings is 1. The average Bonchev–Trinajstić information content (AvgIpc) is 3.01. The number of likely N-dealkylation sites (tertiary alicyclic amines) is 1. The van der Waals surface area contributed by atoms with Gasteiger partial charge in [0, 0.05) is 45.0 Å². The Morgan fingerprint density at radius 2 is 1.83 bits per heavy atom. The molecule has 6 nitrogen and oxygen atoms in total. The smallest absolute Gasteiger partial charge is 0.253 e. The fraction of sp³-hybridized carbons (Fsp3) is 0.429. The Kier molecular flexibility index (Phi) is 7.45. The first-order chi connectivity index (χ1) is 14.0. The molecule has 29 heavy (non-hydrogen) atoms. The standard InChI is InChI=1S/C21H27Cl2N5O/c1-24-21(26-14-17-12-18(22)19(23)27(17)2)25-13-15-7-6-8-16(11-15)20(29)28-9-4-3-5-10-28/h6-8,11-12H,3-5,9-10,13-14H2,1-2H3,(H2,24,25,26). The van der Waals surface area contributed by atoms with Gasteiger partial charge in [-0.1, -0.05) is 35.3 Å². The quantitative estimate of drug-likeness (QED) is 0.554. The highest BCUT2D eigenvalue weighted by molar-refractivity contribution is 6.41. The minimum absolute atomic E-state index is 0.117. The lowest BCUT2D eigenvalue weighted by atomic mass is 10.1. The van der Waals surface area contributed by atoms with Gasteiger partial charge in [-0.3, -0.25) is 9.79 Å². The van der Waals surface area contributed by atoms with Crippen LogP contribution in [0.4, 0.5) is 0 Å². The van der Waals surface area contributed by atoms with Gasteiger partial charge >= 0.3 is 0 Å². The van der Waals surface area contributed by atoms with Crippen LogP contribution in [0.15, 0.2) is 35.3 Å². The molecule has 0 bridgehead atoms. The van der Waals surface area contributed by atoms with Gasteiger partial charge in [0.25, 0.3) is 5.91 Å². The van der Waals surface area contributed by atoms with Gasteiger partial charge in [0.1, 0.15) is 5.15 Å². The van der Waals surface area contributed by atoms with E-state index in [-0.39, 0.29) is 5.91 Å². The predicted octanol–water partition coefficient (Wildman–Crippen LogP) is 3.82. The normalized spacial score (nSPS) is 14.8. The molecule has 3 rings (SSSR count). The Bertz CT molecular complexity index is 887. The van der Waals surface area contributed by atoms with E-state index in [9.17, 15) is 4.79 Å². The van der Waals surface area contributed by atoms with Crippen molar-refractivity contribution in [2.24, 2.45) is 12.0 Å². The maximum Gasteiger partial charge on any atom is 0.253 e. The van der Waals surface area contributed by atoms with Gasteiger partial charge in [-0.2, -0.15) is 0 Å². The summed E-state index contributed by atoms with van der Waals surface area (Å²) >= 11 is 12.2. The van der Waals surface area contributed by atoms with E-state index in [4.69, 9.17) is 23.2 Å². The first-order valence-electron chi connectivity index (χ1n) is 9.82. The van der Waals surface area contributed by atoms with Crippen molar-refractivity contribution in [1.82, 2.24) is 20.1 Å². The number of nitrogens with one attached hydrogen (secondary N) is 2. The molecule has 2 aromatic rings. The van der Waals surface area contributed by atoms with Gasteiger partial charge in [-0.05, 0) is 43.0 Å². The van der Waals surface area contributed by atoms with Crippen molar-refractivity contribution in [3.63, 3.8) is 0 Å². The van der Waals surface area contributed by atoms with Gasteiger partial charge in [0.2, 0.25) is 0 Å². The lowest BCUT2D eigenvalue weighted by Crippen LogP contribution is -2.37. The molecule has 1 fully saturated rings. The average molecular weight is 436 g/mol. The molecule has 1 aromatic carbocycles. The summed E-state index contributed by atoms with van der Waals surface area (Å²) in [5, 5.41) is 7.58. The van der Waals surface area contributed by atoms with Crippen LogP contribution in [0.5, 0.6) is 0 Å². The number of amides is 1. The Balaban J connectivity index is 1.56. The van der Waals surface area contributed by atoms with Crippen LogP contribution in [-0.2, 0) is 20.1 Å². The molecule has 156 valence electrons. The van der Waals surface area contributed by atoms with Gasteiger partial charge in [-0.15, -0.1) is 0 Å². The number of nitrogens with zero attached hydrogens (tertiary/aromatic N) is 3. The Hall–Kier alpha value is -2.18. The second-order valence-electron chi connectivity index (χ2n) is 7.17. The van der Waals surface area contributed by atoms with E-state index in [0.717, 1.165) is 42.8 Å². The molecule has 0 aliphatic carbocycles. The molecule has 8 heteroatoms. The lowest BCUT2D eigenvalue weighted by Gasteiger charge is -2.26. The van der Waals surface area contributed by atoms with Crippen LogP contribution in [0.2, 0.25) is 10.2 Å². The molecule has 1 amide bonds. The van der Waals surface area contributed by atoms with E-state index in [1.807, 2.05) is 46.8 Å². The largest absolute Gasteiger partial charge is 0.352 e. The predicted molar refractivity (Wildman–Crippen MR) is 119 cm³/mol. The van der Waals surface area contributed by atoms with Gasteiger partial charge in [-0.25, -0.2) is 0 Å². The molecular formula is C21H27Cl2N5O. The first kappa shape index (κ1) is 21.5. The number of guanidine groups is 1. The molecule has 2 N–H and O–H groups in total. The molecule has 2 heterocycles. The van der Waals surface area contributed by atoms with Crippen LogP contribution in [0, 0.1) is 0 Å². The Morgan fingerprint density at radius 3 is 2.48 bits per heavy atom. The van der Waals surface area contributed by atoms with Gasteiger partial charge < -0.3 is 20.1 Å². The third kappa shape index (κ3) is 5.46. The fourth-order valence-electron chi connectivity index (χ4n) is 3.43. The fourth-order valence-corrected chi connectivity index (χ4v) is 3.85. The van der Waals surface area contributed by atoms with Crippen molar-refractivity contribution in [2.75, 3.05) is 20.1 Å². The van der Waals surface area contributed by atoms with Crippen LogP contribution in [0.3, 0.4) is 0 Å². The van der Waals surface area contributed by atoms with E-state index >= 15 is 0 Å². The maximum atomic E-state index is 12.7. The second kappa shape index (κ2) is 10.0. The van der Waals surface area contributed by atoms with Crippen molar-refractivity contribution in [2.45, 2.75) is 32.4 Å². The van der Waals surface area contributed by atoms with Gasteiger partial charge in [0.05, 0.1) is 11.6 Å². The summed E-state index contributed by atoms with van der Waals surface area (Å²) in [6, 6.07) is 9.60. The number of rotatable bonds is 5. The van der Waals surface area contributed by atoms with E-state index in [2.05, 4.69) is 15.6 Å². The molecular weight excluding hydrogens is 409 g/mol. The number of aliphatic imine (C=N–C) groups is 1. The summed E-state index contributed by atoms with van der Waals surface area (Å²) in [6.07, 6.45) is 3.39. The number of carbonyl (C=O) groups excluding carboxylic acids is 1. The molecule has 1 saturated heterocycles. The molecule has 0 spiro atoms. The highest BCUT2D eigenvalue weighted by atomic mass is 35.5. The van der Waals surface area contributed by atoms with Crippen LogP contribution < -0.4 is 10.6 Å². The molecule has 1 aromatic heterocycles. The van der Waals surface area contributed by atoms with Crippen LogP contribution in [-0.4, -0.2) is 41.5 Å². The summed E-state index contributed by atoms with van der Waals surface area (Å²) in [5.74, 6) is 0.776. The zero-order valence-electron chi connectivity index (χ0n) is 16.8. The third-order valence-electron chi connectivity index (χ3n) is 5.15. The van der Waals surface area contributed by atoms with Crippen molar-refractivity contribution in [1.29, 1.82) is 0 Å². The Morgan fingerprint density at radius 1 is 1.10 bits per heavy atom. The highest BCUT2D eigenvalue weighted by Crippen LogP contribution is 2.24. The highest BCUT2D eigenvalue weighted by Gasteiger charge is 2.18. The van der Waals surface area contributed by atoms with Gasteiger partial charge in [0.15, 0.2) is 5.96 Å². The van der Waals surface area contributed by atoms with E-state index in [1.54, 1.807) is 7.05 Å². The summed E-state index contributed by atoms with van der Waals surface area (Å²) in [6.45, 7) is 2.81. The molecule has 0 radical (unpaired) electrons. The van der Waals surface area contributed by atoms with Crippen LogP contribution >= 0.6 is 23.2 Å². The van der Waals surface area contributed by atoms with Crippen molar-refractivity contribution in [3.8, 4) is 0 Å². The number of benzene rings is 1. The van der Waals surface area contributed by atoms with E-state index in [0.29, 0.717) is 29.2 Å².